The van der Waals surface area contributed by atoms with Crippen LogP contribution in [-0.4, -0.2) is 11.1 Å². The highest BCUT2D eigenvalue weighted by molar-refractivity contribution is 8.18. The van der Waals surface area contributed by atoms with Crippen LogP contribution < -0.4 is 10.1 Å². The average Bonchev–Trinajstić information content (AvgIpc) is 2.85. The van der Waals surface area contributed by atoms with Gasteiger partial charge >= 0.3 is 0 Å². The van der Waals surface area contributed by atoms with E-state index in [1.807, 2.05) is 42.5 Å². The molecule has 6 heteroatoms. The Labute approximate surface area is 142 Å². The molecule has 1 saturated heterocycles. The standard InChI is InChI=1S/C17H12ClNO3S/c18-13-7-3-1-6-12(13)10-22-14-8-4-2-5-11(14)9-15-16(20)19-17(21)23-15/h1-9H,10H2,(H,19,20,21)/b15-9-. The molecule has 1 aliphatic heterocycles. The lowest BCUT2D eigenvalue weighted by Gasteiger charge is -2.10. The first kappa shape index (κ1) is 15.6. The Morgan fingerprint density at radius 1 is 1.09 bits per heavy atom. The number of hydrogen-bond acceptors (Lipinski definition) is 4. The van der Waals surface area contributed by atoms with Gasteiger partial charge in [-0.3, -0.25) is 14.9 Å². The third-order valence-corrected chi connectivity index (χ3v) is 4.37. The Kier molecular flexibility index (Phi) is 4.69. The van der Waals surface area contributed by atoms with E-state index in [0.717, 1.165) is 22.9 Å². The zero-order valence-corrected chi connectivity index (χ0v) is 13.5. The summed E-state index contributed by atoms with van der Waals surface area (Å²) in [5.74, 6) is 0.230. The lowest BCUT2D eigenvalue weighted by atomic mass is 10.2. The fourth-order valence-electron chi connectivity index (χ4n) is 2.06. The summed E-state index contributed by atoms with van der Waals surface area (Å²) in [5.41, 5.74) is 1.60. The summed E-state index contributed by atoms with van der Waals surface area (Å²) in [6, 6.07) is 14.8. The number of rotatable bonds is 4. The minimum absolute atomic E-state index is 0.318. The van der Waals surface area contributed by atoms with E-state index in [0.29, 0.717) is 22.3 Å². The highest BCUT2D eigenvalue weighted by atomic mass is 35.5. The van der Waals surface area contributed by atoms with Gasteiger partial charge in [0.1, 0.15) is 12.4 Å². The van der Waals surface area contributed by atoms with Crippen molar-refractivity contribution in [3.8, 4) is 5.75 Å². The number of halogens is 1. The Balaban J connectivity index is 1.81. The van der Waals surface area contributed by atoms with Crippen LogP contribution in [0.3, 0.4) is 0 Å². The molecule has 1 fully saturated rings. The molecule has 4 nitrogen and oxygen atoms in total. The predicted molar refractivity (Wildman–Crippen MR) is 91.3 cm³/mol. The van der Waals surface area contributed by atoms with Crippen LogP contribution in [0.5, 0.6) is 5.75 Å². The number of ether oxygens (including phenoxy) is 1. The predicted octanol–water partition coefficient (Wildman–Crippen LogP) is 4.24. The molecule has 0 aromatic heterocycles. The summed E-state index contributed by atoms with van der Waals surface area (Å²) in [7, 11) is 0. The molecular weight excluding hydrogens is 334 g/mol. The van der Waals surface area contributed by atoms with Gasteiger partial charge in [0.05, 0.1) is 4.91 Å². The van der Waals surface area contributed by atoms with Gasteiger partial charge in [0.15, 0.2) is 0 Å². The quantitative estimate of drug-likeness (QED) is 0.842. The van der Waals surface area contributed by atoms with Gasteiger partial charge in [0.2, 0.25) is 0 Å². The topological polar surface area (TPSA) is 55.4 Å². The second-order valence-corrected chi connectivity index (χ2v) is 6.19. The van der Waals surface area contributed by atoms with Crippen LogP contribution in [0, 0.1) is 0 Å². The molecule has 2 aromatic rings. The van der Waals surface area contributed by atoms with Crippen LogP contribution >= 0.6 is 23.4 Å². The fraction of sp³-hybridized carbons (Fsp3) is 0.0588. The number of para-hydroxylation sites is 1. The van der Waals surface area contributed by atoms with Crippen LogP contribution in [0.1, 0.15) is 11.1 Å². The van der Waals surface area contributed by atoms with Gasteiger partial charge in [0.25, 0.3) is 11.1 Å². The Morgan fingerprint density at radius 3 is 2.57 bits per heavy atom. The highest BCUT2D eigenvalue weighted by Gasteiger charge is 2.25. The van der Waals surface area contributed by atoms with Gasteiger partial charge in [-0.2, -0.15) is 0 Å². The third kappa shape index (κ3) is 3.75. The van der Waals surface area contributed by atoms with Gasteiger partial charge < -0.3 is 4.74 Å². The van der Waals surface area contributed by atoms with E-state index in [1.54, 1.807) is 12.1 Å². The summed E-state index contributed by atoms with van der Waals surface area (Å²) >= 11 is 7.00. The smallest absolute Gasteiger partial charge is 0.290 e. The first-order valence-electron chi connectivity index (χ1n) is 6.83. The Hall–Kier alpha value is -2.24. The molecule has 2 amide bonds. The largest absolute Gasteiger partial charge is 0.488 e. The maximum Gasteiger partial charge on any atom is 0.290 e. The van der Waals surface area contributed by atoms with E-state index >= 15 is 0 Å². The first-order valence-corrected chi connectivity index (χ1v) is 8.03. The Bertz CT molecular complexity index is 804. The molecule has 3 rings (SSSR count). The van der Waals surface area contributed by atoms with E-state index in [9.17, 15) is 9.59 Å². The van der Waals surface area contributed by atoms with E-state index in [1.165, 1.54) is 0 Å². The molecule has 0 bridgehead atoms. The molecule has 2 aromatic carbocycles. The van der Waals surface area contributed by atoms with Crippen LogP contribution in [0.25, 0.3) is 6.08 Å². The average molecular weight is 346 g/mol. The summed E-state index contributed by atoms with van der Waals surface area (Å²) in [4.78, 5) is 23.2. The number of carbonyl (C=O) groups is 2. The maximum atomic E-state index is 11.6. The molecule has 1 heterocycles. The van der Waals surface area contributed by atoms with Crippen molar-refractivity contribution in [2.75, 3.05) is 0 Å². The number of amides is 2. The van der Waals surface area contributed by atoms with Crippen LogP contribution in [0.2, 0.25) is 5.02 Å². The van der Waals surface area contributed by atoms with E-state index in [4.69, 9.17) is 16.3 Å². The summed E-state index contributed by atoms with van der Waals surface area (Å²) in [5, 5.41) is 2.50. The second-order valence-electron chi connectivity index (χ2n) is 4.77. The number of benzene rings is 2. The third-order valence-electron chi connectivity index (χ3n) is 3.19. The lowest BCUT2D eigenvalue weighted by Crippen LogP contribution is -2.17. The number of nitrogens with one attached hydrogen (secondary N) is 1. The molecule has 0 aliphatic carbocycles. The zero-order valence-electron chi connectivity index (χ0n) is 11.9. The van der Waals surface area contributed by atoms with Gasteiger partial charge in [-0.05, 0) is 30.0 Å². The second kappa shape index (κ2) is 6.89. The monoisotopic (exact) mass is 345 g/mol. The molecule has 1 aliphatic rings. The van der Waals surface area contributed by atoms with Gasteiger partial charge in [-0.15, -0.1) is 0 Å². The van der Waals surface area contributed by atoms with Gasteiger partial charge in [-0.25, -0.2) is 0 Å². The van der Waals surface area contributed by atoms with Crippen LogP contribution in [0.15, 0.2) is 53.4 Å². The first-order chi connectivity index (χ1) is 11.1. The minimum atomic E-state index is -0.388. The van der Waals surface area contributed by atoms with Gasteiger partial charge in [0, 0.05) is 16.1 Å². The van der Waals surface area contributed by atoms with Crippen LogP contribution in [0.4, 0.5) is 4.79 Å². The number of imide groups is 1. The van der Waals surface area contributed by atoms with Crippen molar-refractivity contribution >= 4 is 40.6 Å². The summed E-state index contributed by atoms with van der Waals surface area (Å²) < 4.78 is 5.82. The van der Waals surface area contributed by atoms with Crippen molar-refractivity contribution in [2.45, 2.75) is 6.61 Å². The number of hydrogen-bond donors (Lipinski definition) is 1. The van der Waals surface area contributed by atoms with Crippen molar-refractivity contribution in [1.82, 2.24) is 5.32 Å². The summed E-state index contributed by atoms with van der Waals surface area (Å²) in [6.45, 7) is 0.318. The van der Waals surface area contributed by atoms with Crippen LogP contribution in [-0.2, 0) is 11.4 Å². The lowest BCUT2D eigenvalue weighted by molar-refractivity contribution is -0.115. The molecule has 1 N–H and O–H groups in total. The molecule has 23 heavy (non-hydrogen) atoms. The zero-order chi connectivity index (χ0) is 16.2. The van der Waals surface area contributed by atoms with Crippen molar-refractivity contribution in [1.29, 1.82) is 0 Å². The SMILES string of the molecule is O=C1NC(=O)/C(=C/c2ccccc2OCc2ccccc2Cl)S1. The molecule has 0 saturated carbocycles. The minimum Gasteiger partial charge on any atom is -0.488 e. The summed E-state index contributed by atoms with van der Waals surface area (Å²) in [6.07, 6.45) is 1.65. The van der Waals surface area contributed by atoms with Gasteiger partial charge in [-0.1, -0.05) is 48.0 Å². The highest BCUT2D eigenvalue weighted by Crippen LogP contribution is 2.29. The molecule has 116 valence electrons. The van der Waals surface area contributed by atoms with E-state index in [2.05, 4.69) is 5.32 Å². The molecule has 0 spiro atoms. The van der Waals surface area contributed by atoms with Crippen molar-refractivity contribution in [2.24, 2.45) is 0 Å². The van der Waals surface area contributed by atoms with Crippen molar-refractivity contribution in [3.63, 3.8) is 0 Å². The molecule has 0 radical (unpaired) electrons. The molecule has 0 atom stereocenters. The maximum absolute atomic E-state index is 11.6. The molecule has 0 unspecified atom stereocenters. The normalized spacial score (nSPS) is 15.8. The number of carbonyl (C=O) groups excluding carboxylic acids is 2. The van der Waals surface area contributed by atoms with E-state index < -0.39 is 0 Å². The number of thioether (sulfide) groups is 1. The van der Waals surface area contributed by atoms with Crippen molar-refractivity contribution in [3.05, 3.63) is 69.6 Å². The molecular formula is C17H12ClNO3S. The fourth-order valence-corrected chi connectivity index (χ4v) is 2.93. The van der Waals surface area contributed by atoms with Crippen molar-refractivity contribution < 1.29 is 14.3 Å². The van der Waals surface area contributed by atoms with E-state index in [-0.39, 0.29) is 11.1 Å². The Morgan fingerprint density at radius 2 is 1.83 bits per heavy atom.